The third-order valence-corrected chi connectivity index (χ3v) is 0.910. The average molecular weight is 190 g/mol. The highest BCUT2D eigenvalue weighted by atomic mass is 19.4. The van der Waals surface area contributed by atoms with Crippen molar-refractivity contribution in [1.29, 1.82) is 0 Å². The van der Waals surface area contributed by atoms with Gasteiger partial charge in [0.2, 0.25) is 6.36 Å². The molecule has 12 heavy (non-hydrogen) atoms. The maximum Gasteiger partial charge on any atom is 0.394 e. The molecule has 0 aromatic carbocycles. The Labute approximate surface area is 67.1 Å². The largest absolute Gasteiger partial charge is 0.394 e. The van der Waals surface area contributed by atoms with Crippen molar-refractivity contribution in [2.24, 2.45) is 0 Å². The van der Waals surface area contributed by atoms with Gasteiger partial charge in [-0.15, -0.1) is 0 Å². The Morgan fingerprint density at radius 1 is 1.42 bits per heavy atom. The molecule has 6 heteroatoms. The Kier molecular flexibility index (Phi) is 4.47. The van der Waals surface area contributed by atoms with E-state index in [1.807, 2.05) is 0 Å². The molecular weight excluding hydrogens is 180 g/mol. The summed E-state index contributed by atoms with van der Waals surface area (Å²) in [5.41, 5.74) is 0. The van der Waals surface area contributed by atoms with E-state index in [0.717, 1.165) is 0 Å². The van der Waals surface area contributed by atoms with Crippen LogP contribution in [0.15, 0.2) is 0 Å². The zero-order valence-corrected chi connectivity index (χ0v) is 6.44. The van der Waals surface area contributed by atoms with Gasteiger partial charge in [0.1, 0.15) is 0 Å². The molecular formula is C6H10F4O2. The Hall–Kier alpha value is -0.360. The van der Waals surface area contributed by atoms with Crippen molar-refractivity contribution in [3.63, 3.8) is 0 Å². The Balaban J connectivity index is 3.53. The number of halogens is 4. The lowest BCUT2D eigenvalue weighted by molar-refractivity contribution is -0.187. The molecule has 0 aromatic rings. The second-order valence-corrected chi connectivity index (χ2v) is 2.41. The third-order valence-electron chi connectivity index (χ3n) is 0.910. The number of aliphatic hydroxyl groups excluding tert-OH is 1. The molecule has 0 aliphatic rings. The molecule has 0 radical (unpaired) electrons. The summed E-state index contributed by atoms with van der Waals surface area (Å²) in [5, 5.41) is 8.53. The lowest BCUT2D eigenvalue weighted by atomic mass is 10.4. The highest BCUT2D eigenvalue weighted by Gasteiger charge is 2.32. The standard InChI is InChI=1S/C6H10F4O2/c1-4(11)3-12-5(7)2-6(8,9)10/h4-5,11H,2-3H2,1H3. The minimum atomic E-state index is -4.57. The highest BCUT2D eigenvalue weighted by molar-refractivity contribution is 4.54. The molecule has 0 aliphatic heterocycles. The van der Waals surface area contributed by atoms with Gasteiger partial charge >= 0.3 is 6.18 Å². The molecule has 0 amide bonds. The first-order valence-electron chi connectivity index (χ1n) is 3.32. The van der Waals surface area contributed by atoms with E-state index in [-0.39, 0.29) is 0 Å². The van der Waals surface area contributed by atoms with Crippen LogP contribution in [0.5, 0.6) is 0 Å². The number of alkyl halides is 4. The molecule has 2 atom stereocenters. The van der Waals surface area contributed by atoms with Crippen LogP contribution in [0.2, 0.25) is 0 Å². The number of ether oxygens (including phenoxy) is 1. The topological polar surface area (TPSA) is 29.5 Å². The van der Waals surface area contributed by atoms with Crippen molar-refractivity contribution >= 4 is 0 Å². The van der Waals surface area contributed by atoms with E-state index in [2.05, 4.69) is 4.74 Å². The molecule has 2 nitrogen and oxygen atoms in total. The maximum absolute atomic E-state index is 12.2. The quantitative estimate of drug-likeness (QED) is 0.682. The van der Waals surface area contributed by atoms with Gasteiger partial charge in [-0.2, -0.15) is 13.2 Å². The fraction of sp³-hybridized carbons (Fsp3) is 1.00. The number of hydrogen-bond acceptors (Lipinski definition) is 2. The van der Waals surface area contributed by atoms with Gasteiger partial charge in [0.25, 0.3) is 0 Å². The summed E-state index contributed by atoms with van der Waals surface area (Å²) in [6.07, 6.45) is -9.56. The van der Waals surface area contributed by atoms with E-state index in [1.165, 1.54) is 6.92 Å². The summed E-state index contributed by atoms with van der Waals surface area (Å²) in [4.78, 5) is 0. The summed E-state index contributed by atoms with van der Waals surface area (Å²) in [7, 11) is 0. The molecule has 0 saturated heterocycles. The molecule has 1 N–H and O–H groups in total. The minimum absolute atomic E-state index is 0.433. The van der Waals surface area contributed by atoms with Gasteiger partial charge in [-0.25, -0.2) is 4.39 Å². The predicted octanol–water partition coefficient (Wildman–Crippen LogP) is 1.63. The van der Waals surface area contributed by atoms with Crippen LogP contribution in [0.25, 0.3) is 0 Å². The Morgan fingerprint density at radius 2 is 1.92 bits per heavy atom. The van der Waals surface area contributed by atoms with E-state index in [4.69, 9.17) is 5.11 Å². The van der Waals surface area contributed by atoms with Gasteiger partial charge in [-0.05, 0) is 6.92 Å². The van der Waals surface area contributed by atoms with Gasteiger partial charge < -0.3 is 9.84 Å². The lowest BCUT2D eigenvalue weighted by Gasteiger charge is -2.12. The summed E-state index contributed by atoms with van der Waals surface area (Å²) in [6.45, 7) is 0.859. The van der Waals surface area contributed by atoms with Gasteiger partial charge in [0, 0.05) is 0 Å². The van der Waals surface area contributed by atoms with Crippen LogP contribution >= 0.6 is 0 Å². The van der Waals surface area contributed by atoms with Crippen LogP contribution < -0.4 is 0 Å². The second kappa shape index (κ2) is 4.61. The van der Waals surface area contributed by atoms with Gasteiger partial charge in [0.15, 0.2) is 0 Å². The first-order chi connectivity index (χ1) is 5.31. The van der Waals surface area contributed by atoms with Crippen LogP contribution in [-0.4, -0.2) is 30.4 Å². The van der Waals surface area contributed by atoms with Crippen molar-refractivity contribution in [3.05, 3.63) is 0 Å². The molecule has 74 valence electrons. The molecule has 2 unspecified atom stereocenters. The van der Waals surface area contributed by atoms with E-state index >= 15 is 0 Å². The highest BCUT2D eigenvalue weighted by Crippen LogP contribution is 2.23. The molecule has 0 bridgehead atoms. The Morgan fingerprint density at radius 3 is 2.25 bits per heavy atom. The SMILES string of the molecule is CC(O)COC(F)CC(F)(F)F. The molecule has 0 heterocycles. The summed E-state index contributed by atoms with van der Waals surface area (Å²) >= 11 is 0. The molecule has 0 rings (SSSR count). The first kappa shape index (κ1) is 11.6. The molecule has 0 saturated carbocycles. The fourth-order valence-electron chi connectivity index (χ4n) is 0.485. The normalized spacial score (nSPS) is 17.5. The van der Waals surface area contributed by atoms with E-state index < -0.39 is 31.7 Å². The smallest absolute Gasteiger partial charge is 0.391 e. The van der Waals surface area contributed by atoms with Crippen LogP contribution in [0, 0.1) is 0 Å². The van der Waals surface area contributed by atoms with E-state index in [0.29, 0.717) is 0 Å². The number of hydrogen-bond donors (Lipinski definition) is 1. The third kappa shape index (κ3) is 7.74. The average Bonchev–Trinajstić information content (AvgIpc) is 1.79. The first-order valence-corrected chi connectivity index (χ1v) is 3.32. The van der Waals surface area contributed by atoms with Crippen molar-refractivity contribution in [2.45, 2.75) is 32.0 Å². The van der Waals surface area contributed by atoms with E-state index in [1.54, 1.807) is 0 Å². The summed E-state index contributed by atoms with van der Waals surface area (Å²) in [6, 6.07) is 0. The summed E-state index contributed by atoms with van der Waals surface area (Å²) in [5.74, 6) is 0. The zero-order chi connectivity index (χ0) is 9.78. The lowest BCUT2D eigenvalue weighted by Crippen LogP contribution is -2.22. The molecule has 0 aliphatic carbocycles. The maximum atomic E-state index is 12.2. The fourth-order valence-corrected chi connectivity index (χ4v) is 0.485. The number of aliphatic hydroxyl groups is 1. The van der Waals surface area contributed by atoms with Crippen LogP contribution in [0.1, 0.15) is 13.3 Å². The van der Waals surface area contributed by atoms with Crippen LogP contribution in [-0.2, 0) is 4.74 Å². The van der Waals surface area contributed by atoms with Crippen molar-refractivity contribution in [3.8, 4) is 0 Å². The van der Waals surface area contributed by atoms with Crippen molar-refractivity contribution in [2.75, 3.05) is 6.61 Å². The summed E-state index contributed by atoms with van der Waals surface area (Å²) < 4.78 is 50.6. The predicted molar refractivity (Wildman–Crippen MR) is 33.2 cm³/mol. The molecule has 0 fully saturated rings. The van der Waals surface area contributed by atoms with Gasteiger partial charge in [0.05, 0.1) is 19.1 Å². The van der Waals surface area contributed by atoms with Gasteiger partial charge in [-0.1, -0.05) is 0 Å². The van der Waals surface area contributed by atoms with Crippen LogP contribution in [0.3, 0.4) is 0 Å². The zero-order valence-electron chi connectivity index (χ0n) is 6.44. The molecule has 0 spiro atoms. The molecule has 0 aromatic heterocycles. The van der Waals surface area contributed by atoms with E-state index in [9.17, 15) is 17.6 Å². The number of rotatable bonds is 4. The Bertz CT molecular complexity index is 123. The monoisotopic (exact) mass is 190 g/mol. The van der Waals surface area contributed by atoms with Crippen molar-refractivity contribution in [1.82, 2.24) is 0 Å². The minimum Gasteiger partial charge on any atom is -0.391 e. The second-order valence-electron chi connectivity index (χ2n) is 2.41. The van der Waals surface area contributed by atoms with Crippen LogP contribution in [0.4, 0.5) is 17.6 Å². The van der Waals surface area contributed by atoms with Gasteiger partial charge in [-0.3, -0.25) is 0 Å². The van der Waals surface area contributed by atoms with Crippen molar-refractivity contribution < 1.29 is 27.4 Å².